The predicted molar refractivity (Wildman–Crippen MR) is 60.0 cm³/mol. The van der Waals surface area contributed by atoms with Crippen molar-refractivity contribution in [2.24, 2.45) is 11.8 Å². The summed E-state index contributed by atoms with van der Waals surface area (Å²) in [5, 5.41) is 2.23. The van der Waals surface area contributed by atoms with Crippen LogP contribution in [0.3, 0.4) is 0 Å². The average molecular weight is 239 g/mol. The summed E-state index contributed by atoms with van der Waals surface area (Å²) >= 11 is 0. The van der Waals surface area contributed by atoms with E-state index in [0.717, 1.165) is 30.8 Å². The van der Waals surface area contributed by atoms with Crippen molar-refractivity contribution in [1.29, 1.82) is 0 Å². The smallest absolute Gasteiger partial charge is 0.306 e. The maximum Gasteiger partial charge on any atom is 0.330 e. The van der Waals surface area contributed by atoms with E-state index in [1.54, 1.807) is 0 Å². The first-order chi connectivity index (χ1) is 8.00. The van der Waals surface area contributed by atoms with Gasteiger partial charge in [-0.1, -0.05) is 0 Å². The van der Waals surface area contributed by atoms with Crippen molar-refractivity contribution < 1.29 is 14.4 Å². The molecular weight excluding hydrogens is 222 g/mol. The molecule has 0 spiro atoms. The van der Waals surface area contributed by atoms with Gasteiger partial charge in [0, 0.05) is 7.05 Å². The summed E-state index contributed by atoms with van der Waals surface area (Å²) in [5.74, 6) is -1.44. The molecule has 0 aromatic rings. The fourth-order valence-electron chi connectivity index (χ4n) is 2.47. The van der Waals surface area contributed by atoms with Crippen molar-refractivity contribution in [1.82, 2.24) is 15.1 Å². The molecule has 0 radical (unpaired) electrons. The van der Waals surface area contributed by atoms with Gasteiger partial charge in [0.05, 0.1) is 0 Å². The van der Waals surface area contributed by atoms with Gasteiger partial charge in [0.1, 0.15) is 5.92 Å². The zero-order valence-electron chi connectivity index (χ0n) is 10.1. The number of nitrogens with zero attached hydrogens (tertiary/aromatic N) is 2. The standard InChI is InChI=1S/C11H17N3O3/c1-13-5-3-7(4-6-13)8-9(15)12-11(17)14(2)10(8)16/h7-8H,3-6H2,1-2H3,(H,12,15,17). The number of hydrogen-bond donors (Lipinski definition) is 1. The minimum Gasteiger partial charge on any atom is -0.306 e. The molecule has 2 heterocycles. The van der Waals surface area contributed by atoms with E-state index in [-0.39, 0.29) is 11.8 Å². The van der Waals surface area contributed by atoms with E-state index >= 15 is 0 Å². The molecule has 2 rings (SSSR count). The lowest BCUT2D eigenvalue weighted by Gasteiger charge is -2.36. The van der Waals surface area contributed by atoms with Gasteiger partial charge in [-0.25, -0.2) is 4.79 Å². The molecule has 6 nitrogen and oxygen atoms in total. The number of urea groups is 1. The van der Waals surface area contributed by atoms with Gasteiger partial charge in [-0.05, 0) is 38.9 Å². The molecule has 2 fully saturated rings. The fraction of sp³-hybridized carbons (Fsp3) is 0.727. The zero-order valence-corrected chi connectivity index (χ0v) is 10.1. The SMILES string of the molecule is CN1CCC(C2C(=O)NC(=O)N(C)C2=O)CC1. The number of rotatable bonds is 1. The lowest BCUT2D eigenvalue weighted by atomic mass is 9.82. The Morgan fingerprint density at radius 1 is 1.12 bits per heavy atom. The molecule has 2 aliphatic rings. The number of amides is 4. The van der Waals surface area contributed by atoms with Crippen LogP contribution >= 0.6 is 0 Å². The van der Waals surface area contributed by atoms with E-state index < -0.39 is 17.9 Å². The third-order valence-electron chi connectivity index (χ3n) is 3.65. The van der Waals surface area contributed by atoms with Gasteiger partial charge < -0.3 is 4.90 Å². The summed E-state index contributed by atoms with van der Waals surface area (Å²) in [5.41, 5.74) is 0. The Balaban J connectivity index is 2.11. The van der Waals surface area contributed by atoms with E-state index in [2.05, 4.69) is 10.2 Å². The largest absolute Gasteiger partial charge is 0.330 e. The number of likely N-dealkylation sites (tertiary alicyclic amines) is 1. The molecule has 17 heavy (non-hydrogen) atoms. The second-order valence-corrected chi connectivity index (χ2v) is 4.81. The van der Waals surface area contributed by atoms with E-state index in [1.807, 2.05) is 7.05 Å². The highest BCUT2D eigenvalue weighted by Gasteiger charge is 2.43. The Hall–Kier alpha value is -1.43. The molecule has 1 atom stereocenters. The molecule has 0 aromatic carbocycles. The normalized spacial score (nSPS) is 28.5. The second kappa shape index (κ2) is 4.44. The van der Waals surface area contributed by atoms with Crippen LogP contribution < -0.4 is 5.32 Å². The molecule has 6 heteroatoms. The molecule has 2 saturated heterocycles. The Kier molecular flexibility index (Phi) is 3.15. The first kappa shape index (κ1) is 12.0. The highest BCUT2D eigenvalue weighted by molar-refractivity contribution is 6.16. The molecule has 0 aliphatic carbocycles. The topological polar surface area (TPSA) is 69.7 Å². The highest BCUT2D eigenvalue weighted by atomic mass is 16.2. The zero-order chi connectivity index (χ0) is 12.6. The Labute approximate surface area is 99.9 Å². The van der Waals surface area contributed by atoms with Crippen molar-refractivity contribution in [2.75, 3.05) is 27.2 Å². The van der Waals surface area contributed by atoms with Gasteiger partial charge in [0.15, 0.2) is 0 Å². The Morgan fingerprint density at radius 3 is 2.29 bits per heavy atom. The lowest BCUT2D eigenvalue weighted by Crippen LogP contribution is -2.58. The molecular formula is C11H17N3O3. The highest BCUT2D eigenvalue weighted by Crippen LogP contribution is 2.27. The average Bonchev–Trinajstić information content (AvgIpc) is 2.29. The number of nitrogens with one attached hydrogen (secondary N) is 1. The maximum atomic E-state index is 12.0. The van der Waals surface area contributed by atoms with Crippen LogP contribution in [0.5, 0.6) is 0 Å². The number of carbonyl (C=O) groups is 3. The number of hydrogen-bond acceptors (Lipinski definition) is 4. The quantitative estimate of drug-likeness (QED) is 0.635. The van der Waals surface area contributed by atoms with Crippen LogP contribution in [0.4, 0.5) is 4.79 Å². The van der Waals surface area contributed by atoms with Gasteiger partial charge in [0.2, 0.25) is 11.8 Å². The maximum absolute atomic E-state index is 12.0. The van der Waals surface area contributed by atoms with Crippen molar-refractivity contribution in [2.45, 2.75) is 12.8 Å². The summed E-state index contributed by atoms with van der Waals surface area (Å²) < 4.78 is 0. The van der Waals surface area contributed by atoms with Crippen LogP contribution in [-0.4, -0.2) is 54.8 Å². The summed E-state index contributed by atoms with van der Waals surface area (Å²) in [4.78, 5) is 38.1. The number of barbiturate groups is 1. The molecule has 0 bridgehead atoms. The third-order valence-corrected chi connectivity index (χ3v) is 3.65. The lowest BCUT2D eigenvalue weighted by molar-refractivity contribution is -0.145. The molecule has 4 amide bonds. The third kappa shape index (κ3) is 2.17. The van der Waals surface area contributed by atoms with Crippen molar-refractivity contribution >= 4 is 17.8 Å². The van der Waals surface area contributed by atoms with Gasteiger partial charge in [0.25, 0.3) is 0 Å². The van der Waals surface area contributed by atoms with E-state index in [1.165, 1.54) is 7.05 Å². The first-order valence-electron chi connectivity index (χ1n) is 5.81. The number of imide groups is 2. The molecule has 2 aliphatic heterocycles. The monoisotopic (exact) mass is 239 g/mol. The van der Waals surface area contributed by atoms with Gasteiger partial charge in [-0.15, -0.1) is 0 Å². The summed E-state index contributed by atoms with van der Waals surface area (Å²) in [6.45, 7) is 1.78. The van der Waals surface area contributed by atoms with Crippen molar-refractivity contribution in [3.63, 3.8) is 0 Å². The number of piperidine rings is 1. The fourth-order valence-corrected chi connectivity index (χ4v) is 2.47. The van der Waals surface area contributed by atoms with Crippen LogP contribution in [0.2, 0.25) is 0 Å². The van der Waals surface area contributed by atoms with Gasteiger partial charge in [-0.3, -0.25) is 19.8 Å². The van der Waals surface area contributed by atoms with Crippen LogP contribution in [0.25, 0.3) is 0 Å². The Morgan fingerprint density at radius 2 is 1.71 bits per heavy atom. The van der Waals surface area contributed by atoms with E-state index in [0.29, 0.717) is 0 Å². The van der Waals surface area contributed by atoms with Crippen LogP contribution in [-0.2, 0) is 9.59 Å². The summed E-state index contributed by atoms with van der Waals surface area (Å²) in [7, 11) is 3.43. The molecule has 1 unspecified atom stereocenters. The molecule has 1 N–H and O–H groups in total. The van der Waals surface area contributed by atoms with Gasteiger partial charge >= 0.3 is 6.03 Å². The van der Waals surface area contributed by atoms with Gasteiger partial charge in [-0.2, -0.15) is 0 Å². The van der Waals surface area contributed by atoms with Crippen LogP contribution in [0, 0.1) is 11.8 Å². The summed E-state index contributed by atoms with van der Waals surface area (Å²) in [6.07, 6.45) is 1.64. The second-order valence-electron chi connectivity index (χ2n) is 4.81. The molecule has 0 saturated carbocycles. The number of carbonyl (C=O) groups excluding carboxylic acids is 3. The van der Waals surface area contributed by atoms with Crippen LogP contribution in [0.1, 0.15) is 12.8 Å². The Bertz CT molecular complexity index is 361. The van der Waals surface area contributed by atoms with E-state index in [4.69, 9.17) is 0 Å². The molecule has 0 aromatic heterocycles. The minimum absolute atomic E-state index is 0.0502. The predicted octanol–water partition coefficient (Wildman–Crippen LogP) is -0.347. The van der Waals surface area contributed by atoms with Crippen LogP contribution in [0.15, 0.2) is 0 Å². The van der Waals surface area contributed by atoms with Crippen molar-refractivity contribution in [3.05, 3.63) is 0 Å². The van der Waals surface area contributed by atoms with E-state index in [9.17, 15) is 14.4 Å². The molecule has 94 valence electrons. The van der Waals surface area contributed by atoms with Crippen molar-refractivity contribution in [3.8, 4) is 0 Å². The minimum atomic E-state index is -0.689. The first-order valence-corrected chi connectivity index (χ1v) is 5.81. The summed E-state index contributed by atoms with van der Waals surface area (Å²) in [6, 6.07) is -0.621.